The molecule has 0 unspecified atom stereocenters. The van der Waals surface area contributed by atoms with Crippen LogP contribution >= 0.6 is 15.9 Å². The van der Waals surface area contributed by atoms with Crippen LogP contribution in [0.1, 0.15) is 16.8 Å². The number of amides is 1. The second-order valence-electron chi connectivity index (χ2n) is 4.35. The van der Waals surface area contributed by atoms with Crippen molar-refractivity contribution >= 4 is 21.8 Å². The molecule has 0 aliphatic carbocycles. The third kappa shape index (κ3) is 3.71. The van der Waals surface area contributed by atoms with Crippen LogP contribution in [0.5, 0.6) is 0 Å². The highest BCUT2D eigenvalue weighted by molar-refractivity contribution is 9.10. The van der Waals surface area contributed by atoms with Crippen molar-refractivity contribution in [2.24, 2.45) is 0 Å². The molecule has 0 aliphatic heterocycles. The first-order valence-electron chi connectivity index (χ1n) is 6.42. The van der Waals surface area contributed by atoms with E-state index in [0.29, 0.717) is 18.7 Å². The van der Waals surface area contributed by atoms with Crippen molar-refractivity contribution in [2.45, 2.75) is 6.42 Å². The van der Waals surface area contributed by atoms with Crippen LogP contribution in [-0.2, 0) is 4.74 Å². The van der Waals surface area contributed by atoms with Gasteiger partial charge in [0, 0.05) is 37.1 Å². The number of methoxy groups -OCH3 is 1. The highest BCUT2D eigenvalue weighted by Crippen LogP contribution is 2.20. The number of hydrogen-bond donors (Lipinski definition) is 1. The molecule has 1 amide bonds. The molecule has 4 nitrogen and oxygen atoms in total. The molecule has 2 rings (SSSR count). The smallest absolute Gasteiger partial charge is 0.253 e. The van der Waals surface area contributed by atoms with E-state index >= 15 is 0 Å². The van der Waals surface area contributed by atoms with E-state index in [1.807, 2.05) is 47.3 Å². The summed E-state index contributed by atoms with van der Waals surface area (Å²) in [5.74, 6) is -0.0777. The average Bonchev–Trinajstić information content (AvgIpc) is 2.97. The standard InChI is InChI=1S/C15H17BrN2O2/c1-20-10-4-7-17-15(19)13-11-12(16)5-6-14(13)18-8-2-3-9-18/h2-3,5-6,8-9,11H,4,7,10H2,1H3,(H,17,19). The summed E-state index contributed by atoms with van der Waals surface area (Å²) < 4.78 is 7.78. The zero-order valence-electron chi connectivity index (χ0n) is 11.3. The Balaban J connectivity index is 2.17. The van der Waals surface area contributed by atoms with Crippen molar-refractivity contribution in [3.05, 3.63) is 52.8 Å². The van der Waals surface area contributed by atoms with E-state index in [1.165, 1.54) is 0 Å². The van der Waals surface area contributed by atoms with E-state index in [-0.39, 0.29) is 5.91 Å². The Morgan fingerprint density at radius 1 is 1.35 bits per heavy atom. The number of nitrogens with zero attached hydrogens (tertiary/aromatic N) is 1. The van der Waals surface area contributed by atoms with Gasteiger partial charge in [-0.2, -0.15) is 0 Å². The highest BCUT2D eigenvalue weighted by Gasteiger charge is 2.12. The van der Waals surface area contributed by atoms with Crippen molar-refractivity contribution in [3.8, 4) is 5.69 Å². The minimum atomic E-state index is -0.0777. The van der Waals surface area contributed by atoms with Crippen LogP contribution in [0.15, 0.2) is 47.2 Å². The third-order valence-corrected chi connectivity index (χ3v) is 3.39. The van der Waals surface area contributed by atoms with E-state index in [1.54, 1.807) is 7.11 Å². The van der Waals surface area contributed by atoms with Crippen LogP contribution < -0.4 is 5.32 Å². The number of ether oxygens (including phenoxy) is 1. The van der Waals surface area contributed by atoms with Gasteiger partial charge in [-0.05, 0) is 36.8 Å². The normalized spacial score (nSPS) is 10.5. The molecule has 1 aromatic heterocycles. The summed E-state index contributed by atoms with van der Waals surface area (Å²) in [6.45, 7) is 1.24. The van der Waals surface area contributed by atoms with Crippen LogP contribution in [0.4, 0.5) is 0 Å². The number of carbonyl (C=O) groups is 1. The quantitative estimate of drug-likeness (QED) is 0.824. The molecular formula is C15H17BrN2O2. The van der Waals surface area contributed by atoms with Crippen molar-refractivity contribution in [2.75, 3.05) is 20.3 Å². The molecule has 0 radical (unpaired) electrons. The van der Waals surface area contributed by atoms with E-state index < -0.39 is 0 Å². The Hall–Kier alpha value is -1.59. The third-order valence-electron chi connectivity index (χ3n) is 2.90. The SMILES string of the molecule is COCCCNC(=O)c1cc(Br)ccc1-n1cccc1. The zero-order valence-corrected chi connectivity index (χ0v) is 12.9. The van der Waals surface area contributed by atoms with Gasteiger partial charge in [-0.15, -0.1) is 0 Å². The van der Waals surface area contributed by atoms with Gasteiger partial charge in [0.05, 0.1) is 11.3 Å². The molecule has 0 bridgehead atoms. The number of nitrogens with one attached hydrogen (secondary N) is 1. The summed E-state index contributed by atoms with van der Waals surface area (Å²) in [4.78, 5) is 12.3. The highest BCUT2D eigenvalue weighted by atomic mass is 79.9. The predicted molar refractivity (Wildman–Crippen MR) is 82.3 cm³/mol. The minimum Gasteiger partial charge on any atom is -0.385 e. The maximum Gasteiger partial charge on any atom is 0.253 e. The number of rotatable bonds is 6. The summed E-state index contributed by atoms with van der Waals surface area (Å²) in [6, 6.07) is 9.55. The average molecular weight is 337 g/mol. The van der Waals surface area contributed by atoms with Gasteiger partial charge in [0.2, 0.25) is 0 Å². The molecule has 106 valence electrons. The Bertz CT molecular complexity index is 567. The number of carbonyl (C=O) groups excluding carboxylic acids is 1. The fourth-order valence-corrected chi connectivity index (χ4v) is 2.29. The Morgan fingerprint density at radius 2 is 2.10 bits per heavy atom. The predicted octanol–water partition coefficient (Wildman–Crippen LogP) is 3.01. The molecule has 1 N–H and O–H groups in total. The molecule has 1 aromatic carbocycles. The topological polar surface area (TPSA) is 43.3 Å². The van der Waals surface area contributed by atoms with Crippen LogP contribution in [0.2, 0.25) is 0 Å². The summed E-state index contributed by atoms with van der Waals surface area (Å²) in [6.07, 6.45) is 4.64. The number of halogens is 1. The van der Waals surface area contributed by atoms with E-state index in [2.05, 4.69) is 21.2 Å². The second kappa shape index (κ2) is 7.26. The van der Waals surface area contributed by atoms with Gasteiger partial charge in [-0.25, -0.2) is 0 Å². The molecule has 0 saturated heterocycles. The maximum absolute atomic E-state index is 12.3. The minimum absolute atomic E-state index is 0.0777. The maximum atomic E-state index is 12.3. The molecule has 2 aromatic rings. The number of hydrogen-bond acceptors (Lipinski definition) is 2. The molecular weight excluding hydrogens is 320 g/mol. The Kier molecular flexibility index (Phi) is 5.38. The number of aromatic nitrogens is 1. The van der Waals surface area contributed by atoms with Gasteiger partial charge in [0.15, 0.2) is 0 Å². The summed E-state index contributed by atoms with van der Waals surface area (Å²) in [5, 5.41) is 2.91. The van der Waals surface area contributed by atoms with E-state index in [4.69, 9.17) is 4.74 Å². The Morgan fingerprint density at radius 3 is 2.80 bits per heavy atom. The Labute approximate surface area is 126 Å². The van der Waals surface area contributed by atoms with E-state index in [0.717, 1.165) is 16.6 Å². The molecule has 0 fully saturated rings. The fourth-order valence-electron chi connectivity index (χ4n) is 1.92. The van der Waals surface area contributed by atoms with Crippen molar-refractivity contribution in [1.82, 2.24) is 9.88 Å². The van der Waals surface area contributed by atoms with Crippen LogP contribution in [0.25, 0.3) is 5.69 Å². The van der Waals surface area contributed by atoms with Gasteiger partial charge >= 0.3 is 0 Å². The molecule has 5 heteroatoms. The first-order valence-corrected chi connectivity index (χ1v) is 7.21. The molecule has 0 saturated carbocycles. The molecule has 0 aliphatic rings. The molecule has 20 heavy (non-hydrogen) atoms. The van der Waals surface area contributed by atoms with Crippen LogP contribution in [-0.4, -0.2) is 30.7 Å². The van der Waals surface area contributed by atoms with Gasteiger partial charge in [-0.3, -0.25) is 4.79 Å². The molecule has 1 heterocycles. The van der Waals surface area contributed by atoms with Gasteiger partial charge in [0.1, 0.15) is 0 Å². The second-order valence-corrected chi connectivity index (χ2v) is 5.27. The fraction of sp³-hybridized carbons (Fsp3) is 0.267. The van der Waals surface area contributed by atoms with Crippen molar-refractivity contribution in [3.63, 3.8) is 0 Å². The lowest BCUT2D eigenvalue weighted by Gasteiger charge is -2.11. The lowest BCUT2D eigenvalue weighted by molar-refractivity contribution is 0.0948. The van der Waals surface area contributed by atoms with Gasteiger partial charge < -0.3 is 14.6 Å². The summed E-state index contributed by atoms with van der Waals surface area (Å²) >= 11 is 3.41. The lowest BCUT2D eigenvalue weighted by Crippen LogP contribution is -2.26. The summed E-state index contributed by atoms with van der Waals surface area (Å²) in [7, 11) is 1.65. The summed E-state index contributed by atoms with van der Waals surface area (Å²) in [5.41, 5.74) is 1.51. The van der Waals surface area contributed by atoms with Crippen LogP contribution in [0.3, 0.4) is 0 Å². The van der Waals surface area contributed by atoms with Crippen molar-refractivity contribution in [1.29, 1.82) is 0 Å². The largest absolute Gasteiger partial charge is 0.385 e. The lowest BCUT2D eigenvalue weighted by atomic mass is 10.1. The van der Waals surface area contributed by atoms with Crippen molar-refractivity contribution < 1.29 is 9.53 Å². The van der Waals surface area contributed by atoms with E-state index in [9.17, 15) is 4.79 Å². The monoisotopic (exact) mass is 336 g/mol. The first-order chi connectivity index (χ1) is 9.72. The van der Waals surface area contributed by atoms with Gasteiger partial charge in [0.25, 0.3) is 5.91 Å². The van der Waals surface area contributed by atoms with Crippen LogP contribution in [0, 0.1) is 0 Å². The number of benzene rings is 1. The molecule has 0 spiro atoms. The zero-order chi connectivity index (χ0) is 14.4. The molecule has 0 atom stereocenters. The first kappa shape index (κ1) is 14.8. The van der Waals surface area contributed by atoms with Gasteiger partial charge in [-0.1, -0.05) is 15.9 Å².